The van der Waals surface area contributed by atoms with Crippen molar-refractivity contribution in [2.45, 2.75) is 24.4 Å². The van der Waals surface area contributed by atoms with Gasteiger partial charge in [0.25, 0.3) is 0 Å². The number of nitrogens with one attached hydrogen (secondary N) is 1. The molecule has 2 amide bonds. The van der Waals surface area contributed by atoms with Crippen molar-refractivity contribution in [1.29, 1.82) is 0 Å². The van der Waals surface area contributed by atoms with Crippen LogP contribution in [-0.2, 0) is 14.3 Å². The van der Waals surface area contributed by atoms with E-state index in [1.807, 2.05) is 91.0 Å². The van der Waals surface area contributed by atoms with Crippen molar-refractivity contribution < 1.29 is 19.1 Å². The minimum absolute atomic E-state index is 0.191. The predicted octanol–water partition coefficient (Wildman–Crippen LogP) is 4.14. The molecule has 2 fully saturated rings. The molecule has 1 N–H and O–H groups in total. The first-order valence-corrected chi connectivity index (χ1v) is 10.3. The number of rotatable bonds is 4. The molecule has 6 heteroatoms. The average molecular weight is 414 g/mol. The first-order chi connectivity index (χ1) is 15.2. The monoisotopic (exact) mass is 414 g/mol. The molecule has 0 spiro atoms. The second kappa shape index (κ2) is 8.24. The van der Waals surface area contributed by atoms with Crippen LogP contribution in [0, 0.1) is 0 Å². The van der Waals surface area contributed by atoms with Gasteiger partial charge in [-0.1, -0.05) is 91.0 Å². The number of benzene rings is 3. The second-order valence-electron chi connectivity index (χ2n) is 7.62. The van der Waals surface area contributed by atoms with E-state index in [0.29, 0.717) is 0 Å². The first-order valence-electron chi connectivity index (χ1n) is 10.3. The predicted molar refractivity (Wildman–Crippen MR) is 114 cm³/mol. The molecule has 0 aliphatic carbocycles. The molecule has 3 aromatic rings. The molecule has 2 heterocycles. The maximum atomic E-state index is 13.4. The Bertz CT molecular complexity index is 1060. The molecular formula is C25H22N2O4. The number of cyclic esters (lactones) is 1. The van der Waals surface area contributed by atoms with Crippen LogP contribution < -0.4 is 5.32 Å². The van der Waals surface area contributed by atoms with E-state index in [0.717, 1.165) is 16.7 Å². The Morgan fingerprint density at radius 2 is 1.29 bits per heavy atom. The van der Waals surface area contributed by atoms with Gasteiger partial charge in [-0.15, -0.1) is 0 Å². The van der Waals surface area contributed by atoms with Gasteiger partial charge in [-0.2, -0.15) is 0 Å². The SMILES string of the molecule is O=C1N[C@@H](c2ccccc2)O[C@H](c2ccccc2)[C@H]1N1C(=O)OC[C@@H]1c1ccccc1. The van der Waals surface area contributed by atoms with Crippen molar-refractivity contribution in [3.05, 3.63) is 108 Å². The van der Waals surface area contributed by atoms with Gasteiger partial charge < -0.3 is 14.8 Å². The third-order valence-corrected chi connectivity index (χ3v) is 5.74. The van der Waals surface area contributed by atoms with E-state index in [4.69, 9.17) is 9.47 Å². The number of carbonyl (C=O) groups excluding carboxylic acids is 2. The highest BCUT2D eigenvalue weighted by Crippen LogP contribution is 2.40. The zero-order valence-electron chi connectivity index (χ0n) is 16.8. The quantitative estimate of drug-likeness (QED) is 0.697. The molecule has 156 valence electrons. The zero-order chi connectivity index (χ0) is 21.2. The summed E-state index contributed by atoms with van der Waals surface area (Å²) in [5, 5.41) is 2.94. The lowest BCUT2D eigenvalue weighted by Crippen LogP contribution is -2.57. The average Bonchev–Trinajstić information content (AvgIpc) is 3.21. The van der Waals surface area contributed by atoms with Crippen molar-refractivity contribution in [3.8, 4) is 0 Å². The van der Waals surface area contributed by atoms with Crippen LogP contribution in [-0.4, -0.2) is 29.5 Å². The normalized spacial score (nSPS) is 25.7. The molecule has 0 unspecified atom stereocenters. The molecule has 6 nitrogen and oxygen atoms in total. The molecule has 2 saturated heterocycles. The van der Waals surface area contributed by atoms with Crippen molar-refractivity contribution >= 4 is 12.0 Å². The Kier molecular flexibility index (Phi) is 5.14. The van der Waals surface area contributed by atoms with Crippen molar-refractivity contribution in [3.63, 3.8) is 0 Å². The smallest absolute Gasteiger partial charge is 0.411 e. The zero-order valence-corrected chi connectivity index (χ0v) is 16.8. The minimum Gasteiger partial charge on any atom is -0.447 e. The number of amides is 2. The molecule has 0 saturated carbocycles. The van der Waals surface area contributed by atoms with E-state index < -0.39 is 24.5 Å². The molecular weight excluding hydrogens is 392 g/mol. The molecule has 0 aromatic heterocycles. The lowest BCUT2D eigenvalue weighted by Gasteiger charge is -2.41. The van der Waals surface area contributed by atoms with E-state index in [-0.39, 0.29) is 18.6 Å². The Labute approximate surface area is 180 Å². The number of carbonyl (C=O) groups is 2. The van der Waals surface area contributed by atoms with Crippen LogP contribution in [0.4, 0.5) is 4.79 Å². The van der Waals surface area contributed by atoms with Crippen LogP contribution in [0.2, 0.25) is 0 Å². The Morgan fingerprint density at radius 1 is 0.742 bits per heavy atom. The molecule has 2 aliphatic heterocycles. The van der Waals surface area contributed by atoms with Crippen LogP contribution in [0.3, 0.4) is 0 Å². The highest BCUT2D eigenvalue weighted by molar-refractivity contribution is 5.88. The van der Waals surface area contributed by atoms with Crippen molar-refractivity contribution in [2.75, 3.05) is 6.61 Å². The third-order valence-electron chi connectivity index (χ3n) is 5.74. The van der Waals surface area contributed by atoms with Gasteiger partial charge in [0.2, 0.25) is 5.91 Å². The van der Waals surface area contributed by atoms with Gasteiger partial charge in [-0.3, -0.25) is 9.69 Å². The number of nitrogens with zero attached hydrogens (tertiary/aromatic N) is 1. The van der Waals surface area contributed by atoms with Crippen LogP contribution in [0.5, 0.6) is 0 Å². The van der Waals surface area contributed by atoms with E-state index in [2.05, 4.69) is 5.32 Å². The summed E-state index contributed by atoms with van der Waals surface area (Å²) in [6.07, 6.45) is -1.77. The van der Waals surface area contributed by atoms with Gasteiger partial charge in [0.1, 0.15) is 18.8 Å². The highest BCUT2D eigenvalue weighted by Gasteiger charge is 2.50. The molecule has 3 aromatic carbocycles. The van der Waals surface area contributed by atoms with E-state index in [1.165, 1.54) is 4.90 Å². The Balaban J connectivity index is 1.54. The van der Waals surface area contributed by atoms with Crippen LogP contribution >= 0.6 is 0 Å². The third kappa shape index (κ3) is 3.66. The van der Waals surface area contributed by atoms with Crippen LogP contribution in [0.1, 0.15) is 35.1 Å². The standard InChI is InChI=1S/C25H22N2O4/c28-23-21(27-20(16-30-25(27)29)17-10-4-1-5-11-17)22(18-12-6-2-7-13-18)31-24(26-23)19-14-8-3-9-15-19/h1-15,20-22,24H,16H2,(H,26,28)/t20-,21-,22-,24-/m1/s1. The minimum atomic E-state index is -0.859. The maximum absolute atomic E-state index is 13.4. The lowest BCUT2D eigenvalue weighted by atomic mass is 9.95. The van der Waals surface area contributed by atoms with Crippen molar-refractivity contribution in [2.24, 2.45) is 0 Å². The second-order valence-corrected chi connectivity index (χ2v) is 7.62. The fraction of sp³-hybridized carbons (Fsp3) is 0.200. The van der Waals surface area contributed by atoms with E-state index in [1.54, 1.807) is 0 Å². The summed E-state index contributed by atoms with van der Waals surface area (Å²) in [7, 11) is 0. The Morgan fingerprint density at radius 3 is 1.90 bits per heavy atom. The van der Waals surface area contributed by atoms with E-state index >= 15 is 0 Å². The summed E-state index contributed by atoms with van der Waals surface area (Å²) in [5.41, 5.74) is 2.59. The van der Waals surface area contributed by atoms with Crippen LogP contribution in [0.25, 0.3) is 0 Å². The summed E-state index contributed by atoms with van der Waals surface area (Å²) in [6.45, 7) is 0.191. The molecule has 2 aliphatic rings. The van der Waals surface area contributed by atoms with Crippen molar-refractivity contribution in [1.82, 2.24) is 10.2 Å². The lowest BCUT2D eigenvalue weighted by molar-refractivity contribution is -0.157. The van der Waals surface area contributed by atoms with Gasteiger partial charge in [0.05, 0.1) is 6.04 Å². The summed E-state index contributed by atoms with van der Waals surface area (Å²) >= 11 is 0. The van der Waals surface area contributed by atoms with E-state index in [9.17, 15) is 9.59 Å². The van der Waals surface area contributed by atoms with Gasteiger partial charge in [-0.25, -0.2) is 4.79 Å². The summed E-state index contributed by atoms with van der Waals surface area (Å²) < 4.78 is 11.8. The molecule has 4 atom stereocenters. The first kappa shape index (κ1) is 19.3. The molecule has 31 heavy (non-hydrogen) atoms. The van der Waals surface area contributed by atoms with Gasteiger partial charge in [0.15, 0.2) is 6.23 Å². The number of ether oxygens (including phenoxy) is 2. The molecule has 0 bridgehead atoms. The Hall–Kier alpha value is -3.64. The molecule has 5 rings (SSSR count). The largest absolute Gasteiger partial charge is 0.447 e. The summed E-state index contributed by atoms with van der Waals surface area (Å²) in [6, 6.07) is 27.4. The van der Waals surface area contributed by atoms with Gasteiger partial charge in [-0.05, 0) is 11.1 Å². The summed E-state index contributed by atoms with van der Waals surface area (Å²) in [5.74, 6) is -0.270. The number of hydrogen-bond acceptors (Lipinski definition) is 4. The van der Waals surface area contributed by atoms with Gasteiger partial charge >= 0.3 is 6.09 Å². The maximum Gasteiger partial charge on any atom is 0.411 e. The number of hydrogen-bond donors (Lipinski definition) is 1. The summed E-state index contributed by atoms with van der Waals surface area (Å²) in [4.78, 5) is 27.7. The van der Waals surface area contributed by atoms with Crippen LogP contribution in [0.15, 0.2) is 91.0 Å². The molecule has 0 radical (unpaired) electrons. The fourth-order valence-electron chi connectivity index (χ4n) is 4.24. The highest BCUT2D eigenvalue weighted by atomic mass is 16.6. The topological polar surface area (TPSA) is 67.9 Å². The fourth-order valence-corrected chi connectivity index (χ4v) is 4.24. The van der Waals surface area contributed by atoms with Gasteiger partial charge in [0, 0.05) is 5.56 Å².